The molecular weight excluding hydrogens is 420 g/mol. The van der Waals surface area contributed by atoms with Gasteiger partial charge in [0.2, 0.25) is 0 Å². The van der Waals surface area contributed by atoms with Crippen LogP contribution in [0.4, 0.5) is 5.69 Å². The molecule has 0 aliphatic carbocycles. The van der Waals surface area contributed by atoms with Gasteiger partial charge in [-0.3, -0.25) is 14.9 Å². The Bertz CT molecular complexity index is 1420. The van der Waals surface area contributed by atoms with Crippen molar-refractivity contribution in [1.82, 2.24) is 5.43 Å². The molecular formula is C25H16N4O4. The molecule has 0 aromatic heterocycles. The van der Waals surface area contributed by atoms with Crippen molar-refractivity contribution < 1.29 is 14.5 Å². The van der Waals surface area contributed by atoms with Crippen LogP contribution < -0.4 is 10.2 Å². The average molecular weight is 436 g/mol. The Morgan fingerprint density at radius 1 is 1.00 bits per heavy atom. The molecule has 8 heteroatoms. The molecule has 8 nitrogen and oxygen atoms in total. The van der Waals surface area contributed by atoms with E-state index >= 15 is 0 Å². The van der Waals surface area contributed by atoms with Crippen molar-refractivity contribution >= 4 is 28.6 Å². The fraction of sp³-hybridized carbons (Fsp3) is 0. The van der Waals surface area contributed by atoms with Crippen LogP contribution in [0.25, 0.3) is 10.8 Å². The molecule has 1 amide bonds. The number of ether oxygens (including phenoxy) is 1. The average Bonchev–Trinajstić information content (AvgIpc) is 2.84. The third kappa shape index (κ3) is 5.00. The first kappa shape index (κ1) is 21.2. The molecule has 0 unspecified atom stereocenters. The normalized spacial score (nSPS) is 10.6. The second kappa shape index (κ2) is 9.41. The number of hydrogen-bond donors (Lipinski definition) is 1. The molecule has 0 radical (unpaired) electrons. The van der Waals surface area contributed by atoms with Crippen molar-refractivity contribution in [2.24, 2.45) is 5.10 Å². The molecule has 0 atom stereocenters. The van der Waals surface area contributed by atoms with Gasteiger partial charge in [0.05, 0.1) is 11.1 Å². The maximum Gasteiger partial charge on any atom is 0.271 e. The Labute approximate surface area is 188 Å². The number of nitro benzene ring substituents is 1. The van der Waals surface area contributed by atoms with Crippen molar-refractivity contribution in [3.63, 3.8) is 0 Å². The van der Waals surface area contributed by atoms with Crippen LogP contribution in [0.3, 0.4) is 0 Å². The van der Waals surface area contributed by atoms with Crippen LogP contribution in [-0.4, -0.2) is 17.0 Å². The minimum Gasteiger partial charge on any atom is -0.456 e. The third-order valence-electron chi connectivity index (χ3n) is 4.79. The Hall–Kier alpha value is -5.03. The van der Waals surface area contributed by atoms with Gasteiger partial charge < -0.3 is 4.74 Å². The molecule has 0 saturated carbocycles. The first-order chi connectivity index (χ1) is 16.0. The maximum atomic E-state index is 12.3. The fourth-order valence-electron chi connectivity index (χ4n) is 3.12. The van der Waals surface area contributed by atoms with E-state index in [4.69, 9.17) is 4.74 Å². The molecule has 0 fully saturated rings. The number of fused-ring (bicyclic) bond motifs is 1. The van der Waals surface area contributed by atoms with Gasteiger partial charge in [-0.05, 0) is 58.8 Å². The number of carbonyl (C=O) groups is 1. The summed E-state index contributed by atoms with van der Waals surface area (Å²) in [5.74, 6) is 0.337. The molecule has 0 heterocycles. The SMILES string of the molecule is N#Cc1cc([N+](=O)[O-])ccc1Oc1ccc(/C=N\NC(=O)c2ccc3ccccc3c2)cc1. The number of nitrogens with one attached hydrogen (secondary N) is 1. The van der Waals surface area contributed by atoms with E-state index in [9.17, 15) is 20.2 Å². The lowest BCUT2D eigenvalue weighted by Gasteiger charge is -2.07. The number of amides is 1. The zero-order valence-corrected chi connectivity index (χ0v) is 17.1. The van der Waals surface area contributed by atoms with Crippen molar-refractivity contribution in [1.29, 1.82) is 5.26 Å². The van der Waals surface area contributed by atoms with E-state index in [0.29, 0.717) is 16.9 Å². The van der Waals surface area contributed by atoms with Crippen molar-refractivity contribution in [2.75, 3.05) is 0 Å². The van der Waals surface area contributed by atoms with E-state index in [1.54, 1.807) is 36.4 Å². The highest BCUT2D eigenvalue weighted by Gasteiger charge is 2.12. The summed E-state index contributed by atoms with van der Waals surface area (Å²) >= 11 is 0. The summed E-state index contributed by atoms with van der Waals surface area (Å²) in [6.07, 6.45) is 1.50. The van der Waals surface area contributed by atoms with Gasteiger partial charge in [0.1, 0.15) is 23.1 Å². The summed E-state index contributed by atoms with van der Waals surface area (Å²) in [6, 6.07) is 25.7. The van der Waals surface area contributed by atoms with E-state index in [0.717, 1.165) is 16.8 Å². The molecule has 33 heavy (non-hydrogen) atoms. The summed E-state index contributed by atoms with van der Waals surface area (Å²) in [4.78, 5) is 22.6. The lowest BCUT2D eigenvalue weighted by Crippen LogP contribution is -2.17. The fourth-order valence-corrected chi connectivity index (χ4v) is 3.12. The molecule has 1 N–H and O–H groups in total. The van der Waals surface area contributed by atoms with Crippen LogP contribution in [-0.2, 0) is 0 Å². The largest absolute Gasteiger partial charge is 0.456 e. The summed E-state index contributed by atoms with van der Waals surface area (Å²) in [5, 5.41) is 26.1. The lowest BCUT2D eigenvalue weighted by atomic mass is 10.1. The van der Waals surface area contributed by atoms with Crippen LogP contribution in [0.1, 0.15) is 21.5 Å². The van der Waals surface area contributed by atoms with Crippen LogP contribution in [0.2, 0.25) is 0 Å². The second-order valence-corrected chi connectivity index (χ2v) is 6.98. The predicted molar refractivity (Wildman–Crippen MR) is 123 cm³/mol. The van der Waals surface area contributed by atoms with Crippen LogP contribution in [0, 0.1) is 21.4 Å². The van der Waals surface area contributed by atoms with Gasteiger partial charge in [-0.1, -0.05) is 30.3 Å². The smallest absolute Gasteiger partial charge is 0.271 e. The van der Waals surface area contributed by atoms with E-state index in [1.807, 2.05) is 36.4 Å². The van der Waals surface area contributed by atoms with Gasteiger partial charge in [0.25, 0.3) is 11.6 Å². The van der Waals surface area contributed by atoms with E-state index in [-0.39, 0.29) is 22.9 Å². The Kier molecular flexibility index (Phi) is 6.05. The standard InChI is InChI=1S/C25H16N4O4/c26-15-21-14-22(29(31)32)9-12-24(21)33-23-10-5-17(6-11-23)16-27-28-25(30)20-8-7-18-3-1-2-4-19(18)13-20/h1-14,16H,(H,28,30)/b27-16-. The molecule has 4 aromatic rings. The molecule has 0 spiro atoms. The number of nitro groups is 1. The molecule has 0 bridgehead atoms. The summed E-state index contributed by atoms with van der Waals surface area (Å²) in [6.45, 7) is 0. The van der Waals surface area contributed by atoms with E-state index in [2.05, 4.69) is 10.5 Å². The number of hydrazone groups is 1. The lowest BCUT2D eigenvalue weighted by molar-refractivity contribution is -0.384. The number of rotatable bonds is 6. The van der Waals surface area contributed by atoms with Gasteiger partial charge in [-0.2, -0.15) is 10.4 Å². The zero-order valence-electron chi connectivity index (χ0n) is 17.1. The van der Waals surface area contributed by atoms with E-state index < -0.39 is 4.92 Å². The number of nitrogens with zero attached hydrogens (tertiary/aromatic N) is 3. The van der Waals surface area contributed by atoms with Crippen molar-refractivity contribution in [3.8, 4) is 17.6 Å². The summed E-state index contributed by atoms with van der Waals surface area (Å²) in [7, 11) is 0. The highest BCUT2D eigenvalue weighted by molar-refractivity contribution is 5.98. The minimum atomic E-state index is -0.572. The minimum absolute atomic E-state index is 0.0613. The van der Waals surface area contributed by atoms with Crippen LogP contribution >= 0.6 is 0 Å². The van der Waals surface area contributed by atoms with E-state index in [1.165, 1.54) is 18.3 Å². The topological polar surface area (TPSA) is 118 Å². The molecule has 4 rings (SSSR count). The number of non-ortho nitro benzene ring substituents is 1. The molecule has 4 aromatic carbocycles. The Morgan fingerprint density at radius 2 is 1.76 bits per heavy atom. The summed E-state index contributed by atoms with van der Waals surface area (Å²) < 4.78 is 5.67. The highest BCUT2D eigenvalue weighted by atomic mass is 16.6. The van der Waals surface area contributed by atoms with Crippen molar-refractivity contribution in [2.45, 2.75) is 0 Å². The van der Waals surface area contributed by atoms with Gasteiger partial charge in [-0.15, -0.1) is 0 Å². The third-order valence-corrected chi connectivity index (χ3v) is 4.79. The molecule has 160 valence electrons. The quantitative estimate of drug-likeness (QED) is 0.254. The van der Waals surface area contributed by atoms with Gasteiger partial charge in [-0.25, -0.2) is 5.43 Å². The number of benzene rings is 4. The van der Waals surface area contributed by atoms with Crippen LogP contribution in [0.5, 0.6) is 11.5 Å². The van der Waals surface area contributed by atoms with Gasteiger partial charge >= 0.3 is 0 Å². The Morgan fingerprint density at radius 3 is 2.48 bits per heavy atom. The molecule has 0 aliphatic rings. The Balaban J connectivity index is 1.39. The molecule has 0 saturated heterocycles. The maximum absolute atomic E-state index is 12.3. The highest BCUT2D eigenvalue weighted by Crippen LogP contribution is 2.28. The summed E-state index contributed by atoms with van der Waals surface area (Å²) in [5.41, 5.74) is 3.60. The number of nitriles is 1. The molecule has 0 aliphatic heterocycles. The van der Waals surface area contributed by atoms with Gasteiger partial charge in [0.15, 0.2) is 0 Å². The first-order valence-corrected chi connectivity index (χ1v) is 9.82. The monoisotopic (exact) mass is 436 g/mol. The number of carbonyl (C=O) groups excluding carboxylic acids is 1. The zero-order chi connectivity index (χ0) is 23.2. The first-order valence-electron chi connectivity index (χ1n) is 9.82. The second-order valence-electron chi connectivity index (χ2n) is 6.98. The van der Waals surface area contributed by atoms with Crippen molar-refractivity contribution in [3.05, 3.63) is 112 Å². The number of hydrogen-bond acceptors (Lipinski definition) is 6. The van der Waals surface area contributed by atoms with Crippen LogP contribution in [0.15, 0.2) is 90.0 Å². The predicted octanol–water partition coefficient (Wildman–Crippen LogP) is 5.18. The van der Waals surface area contributed by atoms with Gasteiger partial charge in [0, 0.05) is 17.7 Å².